The quantitative estimate of drug-likeness (QED) is 0.659. The third-order valence-electron chi connectivity index (χ3n) is 3.37. The van der Waals surface area contributed by atoms with Crippen molar-refractivity contribution in [2.24, 2.45) is 5.10 Å². The molecule has 3 nitrogen and oxygen atoms in total. The van der Waals surface area contributed by atoms with Crippen LogP contribution in [0.15, 0.2) is 5.10 Å². The molecule has 0 fully saturated rings. The van der Waals surface area contributed by atoms with Gasteiger partial charge in [-0.25, -0.2) is 0 Å². The molecule has 0 amide bonds. The van der Waals surface area contributed by atoms with E-state index in [1.54, 1.807) is 0 Å². The van der Waals surface area contributed by atoms with Crippen LogP contribution in [0.1, 0.15) is 66.7 Å². The van der Waals surface area contributed by atoms with Gasteiger partial charge in [0.15, 0.2) is 0 Å². The Morgan fingerprint density at radius 2 is 1.82 bits per heavy atom. The van der Waals surface area contributed by atoms with Crippen molar-refractivity contribution < 1.29 is 0 Å². The van der Waals surface area contributed by atoms with Crippen molar-refractivity contribution >= 4 is 6.34 Å². The lowest BCUT2D eigenvalue weighted by Crippen LogP contribution is -2.49. The second-order valence-corrected chi connectivity index (χ2v) is 5.92. The highest BCUT2D eigenvalue weighted by Gasteiger charge is 2.32. The first-order chi connectivity index (χ1) is 8.00. The van der Waals surface area contributed by atoms with E-state index in [0.29, 0.717) is 6.17 Å². The van der Waals surface area contributed by atoms with Crippen LogP contribution in [0.5, 0.6) is 0 Å². The lowest BCUT2D eigenvalue weighted by Gasteiger charge is -2.38. The maximum atomic E-state index is 4.57. The normalized spacial score (nSPS) is 20.4. The predicted octanol–water partition coefficient (Wildman–Crippen LogP) is 3.66. The Bertz CT molecular complexity index is 242. The Balaban J connectivity index is 2.45. The molecule has 17 heavy (non-hydrogen) atoms. The first-order valence-corrected chi connectivity index (χ1v) is 7.10. The summed E-state index contributed by atoms with van der Waals surface area (Å²) in [4.78, 5) is 2.38. The fourth-order valence-electron chi connectivity index (χ4n) is 2.35. The summed E-state index contributed by atoms with van der Waals surface area (Å²) in [6.07, 6.45) is 8.84. The Morgan fingerprint density at radius 3 is 2.35 bits per heavy atom. The number of hydrogen-bond acceptors (Lipinski definition) is 3. The summed E-state index contributed by atoms with van der Waals surface area (Å²) in [5, 5.41) is 6.83. The summed E-state index contributed by atoms with van der Waals surface area (Å²) >= 11 is 0. The van der Waals surface area contributed by atoms with Crippen molar-refractivity contribution in [3.05, 3.63) is 0 Å². The van der Waals surface area contributed by atoms with Crippen LogP contribution < -0.4 is 0 Å². The van der Waals surface area contributed by atoms with Gasteiger partial charge in [-0.1, -0.05) is 33.1 Å². The van der Waals surface area contributed by atoms with Gasteiger partial charge in [-0.05, 0) is 33.6 Å². The molecule has 1 heterocycles. The second kappa shape index (κ2) is 6.27. The lowest BCUT2D eigenvalue weighted by atomic mass is 10.1. The first-order valence-electron chi connectivity index (χ1n) is 7.10. The van der Waals surface area contributed by atoms with E-state index in [0.717, 1.165) is 13.0 Å². The molecule has 1 unspecified atom stereocenters. The number of hydrogen-bond donors (Lipinski definition) is 0. The van der Waals surface area contributed by atoms with Gasteiger partial charge >= 0.3 is 0 Å². The minimum absolute atomic E-state index is 0.169. The van der Waals surface area contributed by atoms with Gasteiger partial charge in [-0.3, -0.25) is 5.01 Å². The van der Waals surface area contributed by atoms with Crippen LogP contribution in [-0.2, 0) is 0 Å². The molecule has 100 valence electrons. The highest BCUT2D eigenvalue weighted by Crippen LogP contribution is 2.24. The Kier molecular flexibility index (Phi) is 5.29. The molecule has 0 bridgehead atoms. The van der Waals surface area contributed by atoms with Crippen molar-refractivity contribution in [2.45, 2.75) is 78.4 Å². The molecular weight excluding hydrogens is 210 g/mol. The van der Waals surface area contributed by atoms with E-state index >= 15 is 0 Å². The third-order valence-corrected chi connectivity index (χ3v) is 3.37. The SMILES string of the molecule is CCCCCCN1N=CN(C(C)(C)C)C1CC. The molecule has 1 aliphatic heterocycles. The number of nitrogens with zero attached hydrogens (tertiary/aromatic N) is 3. The van der Waals surface area contributed by atoms with Gasteiger partial charge in [-0.15, -0.1) is 0 Å². The Labute approximate surface area is 107 Å². The standard InChI is InChI=1S/C14H29N3/c1-6-8-9-10-11-17-13(7-2)16(12-15-17)14(3,4)5/h12-13H,6-11H2,1-5H3. The molecule has 1 aliphatic rings. The number of hydrazone groups is 1. The number of unbranched alkanes of at least 4 members (excludes halogenated alkanes) is 3. The second-order valence-electron chi connectivity index (χ2n) is 5.92. The Hall–Kier alpha value is -0.730. The van der Waals surface area contributed by atoms with Crippen LogP contribution in [-0.4, -0.2) is 34.5 Å². The molecule has 0 aromatic heterocycles. The number of rotatable bonds is 6. The fourth-order valence-corrected chi connectivity index (χ4v) is 2.35. The molecule has 0 aliphatic carbocycles. The van der Waals surface area contributed by atoms with Gasteiger partial charge < -0.3 is 4.90 Å². The average Bonchev–Trinajstić information content (AvgIpc) is 2.67. The molecule has 3 heteroatoms. The molecule has 0 aromatic rings. The lowest BCUT2D eigenvalue weighted by molar-refractivity contribution is 0.0714. The van der Waals surface area contributed by atoms with E-state index in [1.807, 2.05) is 6.34 Å². The minimum Gasteiger partial charge on any atom is -0.335 e. The molecule has 0 radical (unpaired) electrons. The molecule has 0 N–H and O–H groups in total. The zero-order chi connectivity index (χ0) is 12.9. The smallest absolute Gasteiger partial charge is 0.119 e. The first kappa shape index (κ1) is 14.3. The van der Waals surface area contributed by atoms with Crippen LogP contribution in [0.25, 0.3) is 0 Å². The van der Waals surface area contributed by atoms with Crippen LogP contribution >= 0.6 is 0 Å². The van der Waals surface area contributed by atoms with Gasteiger partial charge in [-0.2, -0.15) is 5.10 Å². The molecule has 0 saturated carbocycles. The summed E-state index contributed by atoms with van der Waals surface area (Å²) in [6.45, 7) is 12.4. The van der Waals surface area contributed by atoms with Crippen LogP contribution in [0.3, 0.4) is 0 Å². The largest absolute Gasteiger partial charge is 0.335 e. The fraction of sp³-hybridized carbons (Fsp3) is 0.929. The molecule has 1 rings (SSSR count). The maximum Gasteiger partial charge on any atom is 0.119 e. The summed E-state index contributed by atoms with van der Waals surface area (Å²) in [5.41, 5.74) is 0.169. The summed E-state index contributed by atoms with van der Waals surface area (Å²) in [5.74, 6) is 0. The molecule has 1 atom stereocenters. The summed E-state index contributed by atoms with van der Waals surface area (Å²) in [7, 11) is 0. The van der Waals surface area contributed by atoms with E-state index in [9.17, 15) is 0 Å². The third kappa shape index (κ3) is 3.90. The molecule has 0 spiro atoms. The van der Waals surface area contributed by atoms with Crippen LogP contribution in [0.2, 0.25) is 0 Å². The predicted molar refractivity (Wildman–Crippen MR) is 75.0 cm³/mol. The summed E-state index contributed by atoms with van der Waals surface area (Å²) < 4.78 is 0. The zero-order valence-corrected chi connectivity index (χ0v) is 12.2. The summed E-state index contributed by atoms with van der Waals surface area (Å²) in [6, 6.07) is 0. The highest BCUT2D eigenvalue weighted by molar-refractivity contribution is 5.58. The van der Waals surface area contributed by atoms with E-state index in [-0.39, 0.29) is 5.54 Å². The molecule has 0 saturated heterocycles. The van der Waals surface area contributed by atoms with Gasteiger partial charge in [0.05, 0.1) is 0 Å². The van der Waals surface area contributed by atoms with Crippen molar-refractivity contribution in [1.29, 1.82) is 0 Å². The van der Waals surface area contributed by atoms with E-state index in [4.69, 9.17) is 0 Å². The van der Waals surface area contributed by atoms with Crippen molar-refractivity contribution in [3.63, 3.8) is 0 Å². The Morgan fingerprint density at radius 1 is 1.12 bits per heavy atom. The van der Waals surface area contributed by atoms with Crippen molar-refractivity contribution in [2.75, 3.05) is 6.54 Å². The van der Waals surface area contributed by atoms with Crippen molar-refractivity contribution in [1.82, 2.24) is 9.91 Å². The van der Waals surface area contributed by atoms with E-state index in [1.165, 1.54) is 25.7 Å². The van der Waals surface area contributed by atoms with E-state index in [2.05, 4.69) is 49.6 Å². The van der Waals surface area contributed by atoms with Gasteiger partial charge in [0.25, 0.3) is 0 Å². The average molecular weight is 239 g/mol. The van der Waals surface area contributed by atoms with Crippen LogP contribution in [0, 0.1) is 0 Å². The topological polar surface area (TPSA) is 18.8 Å². The zero-order valence-electron chi connectivity index (χ0n) is 12.2. The minimum atomic E-state index is 0.169. The van der Waals surface area contributed by atoms with Gasteiger partial charge in [0.2, 0.25) is 0 Å². The van der Waals surface area contributed by atoms with Crippen molar-refractivity contribution in [3.8, 4) is 0 Å². The van der Waals surface area contributed by atoms with E-state index < -0.39 is 0 Å². The molecular formula is C14H29N3. The highest BCUT2D eigenvalue weighted by atomic mass is 15.6. The molecule has 0 aromatic carbocycles. The van der Waals surface area contributed by atoms with Gasteiger partial charge in [0, 0.05) is 12.1 Å². The monoisotopic (exact) mass is 239 g/mol. The van der Waals surface area contributed by atoms with Crippen LogP contribution in [0.4, 0.5) is 0 Å². The maximum absolute atomic E-state index is 4.57. The van der Waals surface area contributed by atoms with Gasteiger partial charge in [0.1, 0.15) is 12.5 Å².